The lowest BCUT2D eigenvalue weighted by atomic mass is 9.71. The number of fused-ring (bicyclic) bond motifs is 1. The molecule has 2 aliphatic rings. The molecule has 1 atom stereocenters. The number of rotatable bonds is 2. The van der Waals surface area contributed by atoms with Crippen LogP contribution in [0, 0.1) is 11.2 Å². The summed E-state index contributed by atoms with van der Waals surface area (Å²) in [5.41, 5.74) is 0.526. The van der Waals surface area contributed by atoms with Gasteiger partial charge >= 0.3 is 0 Å². The highest BCUT2D eigenvalue weighted by Crippen LogP contribution is 2.49. The van der Waals surface area contributed by atoms with Gasteiger partial charge in [-0.25, -0.2) is 4.39 Å². The largest absolute Gasteiger partial charge is 0.460 e. The Hall–Kier alpha value is -2.40. The standard InChI is InChI=1S/C21H18ClFO4/c1-21(2)8-15(25)18-16(9-21)27-19-14(24)7-13(10-22)26-20(19)17(18)11-3-5-12(23)6-4-11/h3-7,17H,8-10H2,1-2H3. The van der Waals surface area contributed by atoms with Crippen LogP contribution in [0.2, 0.25) is 0 Å². The van der Waals surface area contributed by atoms with Gasteiger partial charge in [-0.15, -0.1) is 11.6 Å². The molecule has 1 aromatic carbocycles. The summed E-state index contributed by atoms with van der Waals surface area (Å²) < 4.78 is 25.2. The summed E-state index contributed by atoms with van der Waals surface area (Å²) in [6, 6.07) is 7.14. The quantitative estimate of drug-likeness (QED) is 0.700. The molecule has 1 aromatic heterocycles. The van der Waals surface area contributed by atoms with Crippen molar-refractivity contribution in [2.75, 3.05) is 0 Å². The topological polar surface area (TPSA) is 56.5 Å². The zero-order valence-corrected chi connectivity index (χ0v) is 15.7. The summed E-state index contributed by atoms with van der Waals surface area (Å²) in [6.07, 6.45) is 0.892. The molecule has 0 spiro atoms. The minimum Gasteiger partial charge on any atom is -0.460 e. The molecule has 2 heterocycles. The van der Waals surface area contributed by atoms with Gasteiger partial charge in [0.15, 0.2) is 11.5 Å². The van der Waals surface area contributed by atoms with Gasteiger partial charge in [-0.05, 0) is 23.1 Å². The third-order valence-electron chi connectivity index (χ3n) is 4.97. The monoisotopic (exact) mass is 388 g/mol. The van der Waals surface area contributed by atoms with Crippen LogP contribution in [-0.2, 0) is 10.7 Å². The van der Waals surface area contributed by atoms with Crippen molar-refractivity contribution in [1.82, 2.24) is 0 Å². The number of halogens is 2. The van der Waals surface area contributed by atoms with E-state index in [1.54, 1.807) is 12.1 Å². The smallest absolute Gasteiger partial charge is 0.228 e. The number of ether oxygens (including phenoxy) is 1. The van der Waals surface area contributed by atoms with E-state index >= 15 is 0 Å². The number of carbonyl (C=O) groups is 1. The van der Waals surface area contributed by atoms with E-state index in [2.05, 4.69) is 0 Å². The van der Waals surface area contributed by atoms with Gasteiger partial charge in [0.2, 0.25) is 11.2 Å². The van der Waals surface area contributed by atoms with Crippen LogP contribution >= 0.6 is 11.6 Å². The van der Waals surface area contributed by atoms with E-state index in [-0.39, 0.29) is 39.8 Å². The maximum absolute atomic E-state index is 13.4. The van der Waals surface area contributed by atoms with Crippen molar-refractivity contribution in [3.8, 4) is 5.75 Å². The summed E-state index contributed by atoms with van der Waals surface area (Å²) in [5.74, 6) is 0.0639. The molecular formula is C21H18ClFO4. The molecule has 0 saturated carbocycles. The van der Waals surface area contributed by atoms with Gasteiger partial charge in [0.05, 0.1) is 11.8 Å². The first kappa shape index (κ1) is 18.0. The number of alkyl halides is 1. The maximum Gasteiger partial charge on any atom is 0.228 e. The van der Waals surface area contributed by atoms with Crippen LogP contribution in [0.25, 0.3) is 0 Å². The normalized spacial score (nSPS) is 20.7. The number of carbonyl (C=O) groups excluding carboxylic acids is 1. The van der Waals surface area contributed by atoms with Gasteiger partial charge < -0.3 is 9.15 Å². The van der Waals surface area contributed by atoms with Crippen LogP contribution in [0.4, 0.5) is 4.39 Å². The second-order valence-corrected chi connectivity index (χ2v) is 8.04. The maximum atomic E-state index is 13.4. The second kappa shape index (κ2) is 6.34. The second-order valence-electron chi connectivity index (χ2n) is 7.77. The van der Waals surface area contributed by atoms with Crippen molar-refractivity contribution in [2.45, 2.75) is 38.5 Å². The van der Waals surface area contributed by atoms with E-state index in [9.17, 15) is 14.0 Å². The fourth-order valence-electron chi connectivity index (χ4n) is 3.83. The van der Waals surface area contributed by atoms with Gasteiger partial charge in [0.1, 0.15) is 17.3 Å². The number of ketones is 1. The number of Topliss-reactive ketones (excluding diaryl/α,β-unsaturated/α-hetero) is 1. The molecule has 1 aliphatic heterocycles. The van der Waals surface area contributed by atoms with Crippen LogP contribution in [0.15, 0.2) is 50.9 Å². The Morgan fingerprint density at radius 2 is 1.89 bits per heavy atom. The van der Waals surface area contributed by atoms with E-state index in [1.807, 2.05) is 13.8 Å². The lowest BCUT2D eigenvalue weighted by molar-refractivity contribution is -0.118. The molecule has 0 N–H and O–H groups in total. The first-order chi connectivity index (χ1) is 12.8. The van der Waals surface area contributed by atoms with E-state index < -0.39 is 5.92 Å². The number of benzene rings is 1. The molecule has 4 nitrogen and oxygen atoms in total. The van der Waals surface area contributed by atoms with Gasteiger partial charge in [-0.3, -0.25) is 9.59 Å². The Labute approximate surface area is 160 Å². The molecule has 0 radical (unpaired) electrons. The van der Waals surface area contributed by atoms with Gasteiger partial charge in [-0.2, -0.15) is 0 Å². The minimum absolute atomic E-state index is 0.0194. The van der Waals surface area contributed by atoms with Crippen LogP contribution in [0.3, 0.4) is 0 Å². The van der Waals surface area contributed by atoms with Crippen LogP contribution < -0.4 is 10.2 Å². The lowest BCUT2D eigenvalue weighted by Crippen LogP contribution is -2.34. The fourth-order valence-corrected chi connectivity index (χ4v) is 3.96. The average Bonchev–Trinajstić information content (AvgIpc) is 2.60. The van der Waals surface area contributed by atoms with Crippen LogP contribution in [0.5, 0.6) is 5.75 Å². The first-order valence-corrected chi connectivity index (χ1v) is 9.25. The molecule has 27 heavy (non-hydrogen) atoms. The molecule has 1 aliphatic carbocycles. The SMILES string of the molecule is CC1(C)CC(=O)C2=C(C1)Oc1c(oc(CCl)cc1=O)C2c1ccc(F)cc1. The highest BCUT2D eigenvalue weighted by Gasteiger charge is 2.44. The molecular weight excluding hydrogens is 371 g/mol. The van der Waals surface area contributed by atoms with Gasteiger partial charge in [-0.1, -0.05) is 26.0 Å². The fraction of sp³-hybridized carbons (Fsp3) is 0.333. The summed E-state index contributed by atoms with van der Waals surface area (Å²) in [7, 11) is 0. The Kier molecular flexibility index (Phi) is 4.22. The Balaban J connectivity index is 1.98. The summed E-state index contributed by atoms with van der Waals surface area (Å²) >= 11 is 5.86. The van der Waals surface area contributed by atoms with E-state index in [1.165, 1.54) is 18.2 Å². The minimum atomic E-state index is -0.621. The van der Waals surface area contributed by atoms with Crippen molar-refractivity contribution in [3.63, 3.8) is 0 Å². The molecule has 2 aromatic rings. The Morgan fingerprint density at radius 3 is 2.56 bits per heavy atom. The molecule has 6 heteroatoms. The molecule has 1 unspecified atom stereocenters. The van der Waals surface area contributed by atoms with Crippen molar-refractivity contribution < 1.29 is 18.3 Å². The van der Waals surface area contributed by atoms with E-state index in [4.69, 9.17) is 20.8 Å². The van der Waals surface area contributed by atoms with E-state index in [0.29, 0.717) is 35.5 Å². The number of allylic oxidation sites excluding steroid dienone is 2. The summed E-state index contributed by atoms with van der Waals surface area (Å²) in [5, 5.41) is 0. The van der Waals surface area contributed by atoms with Gasteiger partial charge in [0.25, 0.3) is 0 Å². The highest BCUT2D eigenvalue weighted by molar-refractivity contribution is 6.16. The van der Waals surface area contributed by atoms with Gasteiger partial charge in [0, 0.05) is 24.5 Å². The van der Waals surface area contributed by atoms with Crippen LogP contribution in [0.1, 0.15) is 49.7 Å². The predicted octanol–water partition coefficient (Wildman–Crippen LogP) is 4.69. The van der Waals surface area contributed by atoms with Crippen molar-refractivity contribution in [1.29, 1.82) is 0 Å². The Morgan fingerprint density at radius 1 is 1.19 bits per heavy atom. The molecule has 0 saturated heterocycles. The Bertz CT molecular complexity index is 1020. The van der Waals surface area contributed by atoms with Crippen molar-refractivity contribution >= 4 is 17.4 Å². The molecule has 140 valence electrons. The molecule has 4 rings (SSSR count). The predicted molar refractivity (Wildman–Crippen MR) is 98.5 cm³/mol. The zero-order valence-electron chi connectivity index (χ0n) is 15.0. The van der Waals surface area contributed by atoms with E-state index in [0.717, 1.165) is 0 Å². The molecule has 0 amide bonds. The molecule has 0 fully saturated rings. The summed E-state index contributed by atoms with van der Waals surface area (Å²) in [6.45, 7) is 3.97. The number of hydrogen-bond acceptors (Lipinski definition) is 4. The number of hydrogen-bond donors (Lipinski definition) is 0. The third kappa shape index (κ3) is 3.10. The highest BCUT2D eigenvalue weighted by atomic mass is 35.5. The molecule has 0 bridgehead atoms. The lowest BCUT2D eigenvalue weighted by Gasteiger charge is -2.37. The average molecular weight is 389 g/mol. The van der Waals surface area contributed by atoms with Crippen molar-refractivity contribution in [2.24, 2.45) is 5.41 Å². The van der Waals surface area contributed by atoms with Crippen molar-refractivity contribution in [3.05, 3.63) is 74.8 Å². The third-order valence-corrected chi connectivity index (χ3v) is 5.23. The first-order valence-electron chi connectivity index (χ1n) is 8.71. The van der Waals surface area contributed by atoms with Crippen LogP contribution in [-0.4, -0.2) is 5.78 Å². The zero-order chi connectivity index (χ0) is 19.3. The summed E-state index contributed by atoms with van der Waals surface area (Å²) in [4.78, 5) is 25.6.